The number of hydrogen-bond donors (Lipinski definition) is 1. The van der Waals surface area contributed by atoms with Crippen LogP contribution in [-0.4, -0.2) is 47.6 Å². The first-order valence-electron chi connectivity index (χ1n) is 13.8. The van der Waals surface area contributed by atoms with Gasteiger partial charge in [0.15, 0.2) is 35.5 Å². The van der Waals surface area contributed by atoms with E-state index >= 15 is 8.78 Å². The molecule has 1 unspecified atom stereocenters. The fraction of sp³-hybridized carbons (Fsp3) is 0.267. The van der Waals surface area contributed by atoms with Crippen molar-refractivity contribution in [2.45, 2.75) is 36.8 Å². The van der Waals surface area contributed by atoms with E-state index in [1.165, 1.54) is 28.3 Å². The van der Waals surface area contributed by atoms with Crippen molar-refractivity contribution in [2.75, 3.05) is 25.2 Å². The average molecular weight is 640 g/mol. The fourth-order valence-corrected chi connectivity index (χ4v) is 6.73. The summed E-state index contributed by atoms with van der Waals surface area (Å²) in [7, 11) is 0. The Bertz CT molecular complexity index is 2000. The van der Waals surface area contributed by atoms with Crippen molar-refractivity contribution in [2.24, 2.45) is 0 Å². The van der Waals surface area contributed by atoms with Crippen LogP contribution in [0.5, 0.6) is 5.75 Å². The number of morpholine rings is 1. The molecule has 1 fully saturated rings. The number of thioether (sulfide) groups is 1. The van der Waals surface area contributed by atoms with E-state index in [0.29, 0.717) is 5.56 Å². The molecule has 1 saturated heterocycles. The van der Waals surface area contributed by atoms with Crippen molar-refractivity contribution in [3.8, 4) is 17.0 Å². The maximum atomic E-state index is 15.3. The molecule has 2 aromatic heterocycles. The maximum Gasteiger partial charge on any atom is 0.519 e. The molecular formula is C30H23F2N3O9S. The Morgan fingerprint density at radius 2 is 1.96 bits per heavy atom. The van der Waals surface area contributed by atoms with Crippen molar-refractivity contribution >= 4 is 23.8 Å². The van der Waals surface area contributed by atoms with Gasteiger partial charge in [-0.3, -0.25) is 9.59 Å². The van der Waals surface area contributed by atoms with E-state index in [2.05, 4.69) is 5.43 Å². The van der Waals surface area contributed by atoms with Crippen LogP contribution < -0.4 is 21.4 Å². The van der Waals surface area contributed by atoms with Gasteiger partial charge in [0.25, 0.3) is 5.91 Å². The first kappa shape index (κ1) is 28.9. The lowest BCUT2D eigenvalue weighted by atomic mass is 9.92. The largest absolute Gasteiger partial charge is 0.519 e. The van der Waals surface area contributed by atoms with Gasteiger partial charge in [0.05, 0.1) is 18.9 Å². The highest BCUT2D eigenvalue weighted by Gasteiger charge is 2.40. The van der Waals surface area contributed by atoms with Crippen molar-refractivity contribution in [3.63, 3.8) is 0 Å². The highest BCUT2D eigenvalue weighted by atomic mass is 32.2. The minimum Gasteiger partial charge on any atom is -0.426 e. The smallest absolute Gasteiger partial charge is 0.426 e. The predicted molar refractivity (Wildman–Crippen MR) is 153 cm³/mol. The SMILES string of the molecule is Cc1oc(=O)oc1COC(=O)Oc1c2n(c(-c3cc(F)c(F)c4c3Cc3ccccc3SC4)cc1=O)NC1COCCN1C2=O. The average Bonchev–Trinajstić information content (AvgIpc) is 3.22. The maximum absolute atomic E-state index is 15.3. The molecule has 3 aliphatic rings. The van der Waals surface area contributed by atoms with E-state index in [9.17, 15) is 19.2 Å². The quantitative estimate of drug-likeness (QED) is 0.325. The molecule has 15 heteroatoms. The minimum absolute atomic E-state index is 0.0598. The van der Waals surface area contributed by atoms with Crippen LogP contribution in [0.25, 0.3) is 11.3 Å². The van der Waals surface area contributed by atoms with Crippen molar-refractivity contribution in [3.05, 3.63) is 103 Å². The summed E-state index contributed by atoms with van der Waals surface area (Å²) in [5.41, 5.74) is 3.61. The molecule has 0 bridgehead atoms. The summed E-state index contributed by atoms with van der Waals surface area (Å²) in [6, 6.07) is 9.58. The van der Waals surface area contributed by atoms with Gasteiger partial charge in [0.2, 0.25) is 11.2 Å². The van der Waals surface area contributed by atoms with Crippen LogP contribution in [0, 0.1) is 18.6 Å². The number of amides is 1. The summed E-state index contributed by atoms with van der Waals surface area (Å²) in [5.74, 6) is -4.25. The topological polar surface area (TPSA) is 142 Å². The number of aryl methyl sites for hydroxylation is 1. The van der Waals surface area contributed by atoms with Crippen LogP contribution in [0.1, 0.15) is 38.7 Å². The predicted octanol–water partition coefficient (Wildman–Crippen LogP) is 3.92. The molecule has 2 aromatic carbocycles. The Morgan fingerprint density at radius 3 is 2.76 bits per heavy atom. The van der Waals surface area contributed by atoms with Crippen molar-refractivity contribution < 1.29 is 41.4 Å². The molecule has 5 heterocycles. The lowest BCUT2D eigenvalue weighted by Gasteiger charge is -2.42. The zero-order valence-electron chi connectivity index (χ0n) is 23.5. The second kappa shape index (κ2) is 11.2. The van der Waals surface area contributed by atoms with E-state index in [1.54, 1.807) is 0 Å². The van der Waals surface area contributed by atoms with Gasteiger partial charge in [-0.05, 0) is 36.6 Å². The van der Waals surface area contributed by atoms with Gasteiger partial charge in [-0.25, -0.2) is 23.0 Å². The van der Waals surface area contributed by atoms with Gasteiger partial charge in [-0.2, -0.15) is 0 Å². The molecule has 4 aromatic rings. The third-order valence-electron chi connectivity index (χ3n) is 7.81. The van der Waals surface area contributed by atoms with Crippen LogP contribution in [0.4, 0.5) is 13.6 Å². The summed E-state index contributed by atoms with van der Waals surface area (Å²) >= 11 is 1.37. The van der Waals surface area contributed by atoms with E-state index < -0.39 is 53.5 Å². The highest BCUT2D eigenvalue weighted by molar-refractivity contribution is 7.98. The Morgan fingerprint density at radius 1 is 1.13 bits per heavy atom. The highest BCUT2D eigenvalue weighted by Crippen LogP contribution is 2.40. The summed E-state index contributed by atoms with van der Waals surface area (Å²) in [6.45, 7) is 1.39. The monoisotopic (exact) mass is 639 g/mol. The molecule has 7 rings (SSSR count). The third kappa shape index (κ3) is 5.07. The molecule has 1 amide bonds. The van der Waals surface area contributed by atoms with Crippen molar-refractivity contribution in [1.82, 2.24) is 9.58 Å². The van der Waals surface area contributed by atoms with Crippen LogP contribution in [-0.2, 0) is 28.3 Å². The number of benzene rings is 2. The number of nitrogens with one attached hydrogen (secondary N) is 1. The summed E-state index contributed by atoms with van der Waals surface area (Å²) < 4.78 is 57.1. The molecule has 12 nitrogen and oxygen atoms in total. The number of fused-ring (bicyclic) bond motifs is 4. The number of pyridine rings is 1. The fourth-order valence-electron chi connectivity index (χ4n) is 5.63. The second-order valence-electron chi connectivity index (χ2n) is 10.4. The molecule has 1 atom stereocenters. The van der Waals surface area contributed by atoms with Gasteiger partial charge < -0.3 is 33.4 Å². The standard InChI is InChI=1S/C30H23F2N3O9S/c1-14-22(43-30(39)42-14)11-41-29(38)44-27-21(36)10-20(35-26(27)28(37)34-6-7-40-12-24(34)33-35)17-9-19(31)25(32)18-13-45-23-5-3-2-4-15(23)8-16(17)18/h2-5,9-10,24,33H,6-8,11-13H2,1H3. The van der Waals surface area contributed by atoms with E-state index in [1.807, 2.05) is 24.3 Å². The summed E-state index contributed by atoms with van der Waals surface area (Å²) in [4.78, 5) is 53.9. The molecule has 3 aliphatic heterocycles. The molecule has 0 spiro atoms. The lowest BCUT2D eigenvalue weighted by Crippen LogP contribution is -2.59. The minimum atomic E-state index is -1.36. The van der Waals surface area contributed by atoms with Crippen molar-refractivity contribution in [1.29, 1.82) is 0 Å². The number of halogens is 2. The lowest BCUT2D eigenvalue weighted by molar-refractivity contribution is -0.00311. The molecular weight excluding hydrogens is 616 g/mol. The van der Waals surface area contributed by atoms with Gasteiger partial charge in [0, 0.05) is 34.4 Å². The second-order valence-corrected chi connectivity index (χ2v) is 11.5. The number of carbonyl (C=O) groups is 2. The molecule has 45 heavy (non-hydrogen) atoms. The van der Waals surface area contributed by atoms with Crippen LogP contribution in [0.2, 0.25) is 0 Å². The molecule has 232 valence electrons. The van der Waals surface area contributed by atoms with Gasteiger partial charge in [-0.15, -0.1) is 11.8 Å². The Hall–Kier alpha value is -4.89. The van der Waals surface area contributed by atoms with Crippen LogP contribution in [0.15, 0.2) is 59.7 Å². The third-order valence-corrected chi connectivity index (χ3v) is 8.95. The number of hydrogen-bond acceptors (Lipinski definition) is 11. The van der Waals surface area contributed by atoms with Gasteiger partial charge in [-0.1, -0.05) is 18.2 Å². The Labute approximate surface area is 256 Å². The van der Waals surface area contributed by atoms with E-state index in [0.717, 1.165) is 22.6 Å². The van der Waals surface area contributed by atoms with E-state index in [4.69, 9.17) is 23.0 Å². The summed E-state index contributed by atoms with van der Waals surface area (Å²) in [6.07, 6.45) is -1.81. The van der Waals surface area contributed by atoms with Gasteiger partial charge >= 0.3 is 12.0 Å². The number of ether oxygens (including phenoxy) is 3. The first-order valence-corrected chi connectivity index (χ1v) is 14.8. The number of carbonyl (C=O) groups excluding carboxylic acids is 2. The first-order chi connectivity index (χ1) is 21.7. The van der Waals surface area contributed by atoms with E-state index in [-0.39, 0.29) is 66.0 Å². The van der Waals surface area contributed by atoms with Crippen LogP contribution in [0.3, 0.4) is 0 Å². The molecule has 0 saturated carbocycles. The normalized spacial score (nSPS) is 16.9. The zero-order chi connectivity index (χ0) is 31.4. The summed E-state index contributed by atoms with van der Waals surface area (Å²) in [5, 5.41) is 0. The van der Waals surface area contributed by atoms with Gasteiger partial charge in [0.1, 0.15) is 6.17 Å². The molecule has 0 radical (unpaired) electrons. The Balaban J connectivity index is 1.35. The molecule has 1 N–H and O–H groups in total. The Kier molecular flexibility index (Phi) is 7.20. The zero-order valence-corrected chi connectivity index (χ0v) is 24.3. The van der Waals surface area contributed by atoms with Crippen LogP contribution >= 0.6 is 11.8 Å². The number of nitrogens with zero attached hydrogens (tertiary/aromatic N) is 2. The number of aromatic nitrogens is 1. The molecule has 0 aliphatic carbocycles. The number of rotatable bonds is 4.